The predicted molar refractivity (Wildman–Crippen MR) is 193 cm³/mol. The Morgan fingerprint density at radius 3 is 1.96 bits per heavy atom. The molecule has 3 aromatic heterocycles. The molecule has 3 heterocycles. The Hall–Kier alpha value is -6.33. The molecule has 0 spiro atoms. The van der Waals surface area contributed by atoms with Crippen molar-refractivity contribution in [1.29, 1.82) is 0 Å². The first-order chi connectivity index (χ1) is 23.8. The number of aryl methyl sites for hydroxylation is 1. The number of hydrogen-bond acceptors (Lipinski definition) is 5. The largest absolute Gasteiger partial charge is 0.460 e. The SMILES string of the molecule is C1=C(c2ccc3cc(-c4nc(-c5ccccc5)nc(-c5cccc6oc7ccccc7c56)n4)ccc3c2)c2c(oc3ccccc23)CC1. The molecule has 0 amide bonds. The lowest BCUT2D eigenvalue weighted by Gasteiger charge is -2.15. The van der Waals surface area contributed by atoms with Crippen molar-refractivity contribution in [2.24, 2.45) is 0 Å². The Morgan fingerprint density at radius 2 is 1.12 bits per heavy atom. The molecule has 0 radical (unpaired) electrons. The van der Waals surface area contributed by atoms with Gasteiger partial charge in [0.05, 0.1) is 0 Å². The molecular formula is C43H27N3O2. The summed E-state index contributed by atoms with van der Waals surface area (Å²) in [5, 5.41) is 5.49. The monoisotopic (exact) mass is 617 g/mol. The van der Waals surface area contributed by atoms with Crippen molar-refractivity contribution in [1.82, 2.24) is 15.0 Å². The number of benzene rings is 6. The molecule has 0 bridgehead atoms. The second-order valence-corrected chi connectivity index (χ2v) is 12.3. The molecule has 0 saturated heterocycles. The molecule has 0 N–H and O–H groups in total. The summed E-state index contributed by atoms with van der Waals surface area (Å²) >= 11 is 0. The first-order valence-electron chi connectivity index (χ1n) is 16.2. The van der Waals surface area contributed by atoms with Crippen LogP contribution in [0.25, 0.3) is 83.4 Å². The maximum Gasteiger partial charge on any atom is 0.164 e. The van der Waals surface area contributed by atoms with Gasteiger partial charge in [-0.1, -0.05) is 109 Å². The maximum absolute atomic E-state index is 6.25. The molecule has 0 aliphatic heterocycles. The van der Waals surface area contributed by atoms with E-state index in [1.54, 1.807) is 0 Å². The highest BCUT2D eigenvalue weighted by molar-refractivity contribution is 6.11. The predicted octanol–water partition coefficient (Wildman–Crippen LogP) is 11.0. The van der Waals surface area contributed by atoms with Crippen molar-refractivity contribution in [3.63, 3.8) is 0 Å². The quantitative estimate of drug-likeness (QED) is 0.197. The van der Waals surface area contributed by atoms with E-state index in [0.717, 1.165) is 73.6 Å². The van der Waals surface area contributed by atoms with Crippen LogP contribution in [0.4, 0.5) is 0 Å². The zero-order chi connectivity index (χ0) is 31.6. The fourth-order valence-corrected chi connectivity index (χ4v) is 7.13. The number of para-hydroxylation sites is 2. The first kappa shape index (κ1) is 26.8. The van der Waals surface area contributed by atoms with Gasteiger partial charge in [0.2, 0.25) is 0 Å². The fourth-order valence-electron chi connectivity index (χ4n) is 7.13. The number of hydrogen-bond donors (Lipinski definition) is 0. The Morgan fingerprint density at radius 1 is 0.479 bits per heavy atom. The maximum atomic E-state index is 6.25. The zero-order valence-electron chi connectivity index (χ0n) is 25.9. The first-order valence-corrected chi connectivity index (χ1v) is 16.2. The highest BCUT2D eigenvalue weighted by atomic mass is 16.3. The van der Waals surface area contributed by atoms with E-state index < -0.39 is 0 Å². The van der Waals surface area contributed by atoms with Crippen LogP contribution in [0.2, 0.25) is 0 Å². The van der Waals surface area contributed by atoms with Gasteiger partial charge in [-0.25, -0.2) is 15.0 Å². The van der Waals surface area contributed by atoms with Crippen molar-refractivity contribution < 1.29 is 8.83 Å². The van der Waals surface area contributed by atoms with Crippen LogP contribution in [-0.4, -0.2) is 15.0 Å². The second kappa shape index (κ2) is 10.6. The number of nitrogens with zero attached hydrogens (tertiary/aromatic N) is 3. The standard InChI is InChI=1S/C43H27N3O2/c1-2-10-26(11-3-1)41-44-42(46-43(45-41)34-15-9-19-38-40(34)33-13-5-7-17-36(33)48-38)30-23-21-27-24-29(22-20-28(27)25-30)31-14-8-18-37-39(31)32-12-4-6-16-35(32)47-37/h1-7,9-17,19-25H,8,18H2. The van der Waals surface area contributed by atoms with E-state index in [-0.39, 0.29) is 0 Å². The zero-order valence-corrected chi connectivity index (χ0v) is 25.9. The van der Waals surface area contributed by atoms with Crippen LogP contribution in [-0.2, 0) is 6.42 Å². The third-order valence-electron chi connectivity index (χ3n) is 9.38. The molecule has 0 saturated carbocycles. The molecule has 5 heteroatoms. The van der Waals surface area contributed by atoms with Gasteiger partial charge in [-0.15, -0.1) is 0 Å². The summed E-state index contributed by atoms with van der Waals surface area (Å²) in [5.74, 6) is 2.93. The van der Waals surface area contributed by atoms with Crippen LogP contribution in [0.3, 0.4) is 0 Å². The van der Waals surface area contributed by atoms with E-state index in [1.807, 2.05) is 66.7 Å². The van der Waals surface area contributed by atoms with Gasteiger partial charge in [0, 0.05) is 44.8 Å². The van der Waals surface area contributed by atoms with E-state index >= 15 is 0 Å². The van der Waals surface area contributed by atoms with Crippen LogP contribution in [0, 0.1) is 0 Å². The molecule has 6 aromatic carbocycles. The number of fused-ring (bicyclic) bond motifs is 7. The number of rotatable bonds is 4. The third-order valence-corrected chi connectivity index (χ3v) is 9.38. The van der Waals surface area contributed by atoms with E-state index in [1.165, 1.54) is 22.1 Å². The summed E-state index contributed by atoms with van der Waals surface area (Å²) in [7, 11) is 0. The van der Waals surface area contributed by atoms with Gasteiger partial charge in [0.25, 0.3) is 0 Å². The van der Waals surface area contributed by atoms with Crippen molar-refractivity contribution in [2.75, 3.05) is 0 Å². The number of allylic oxidation sites excluding steroid dienone is 1. The van der Waals surface area contributed by atoms with Crippen molar-refractivity contribution in [2.45, 2.75) is 12.8 Å². The average molecular weight is 618 g/mol. The van der Waals surface area contributed by atoms with Crippen LogP contribution in [0.5, 0.6) is 0 Å². The molecule has 1 aliphatic carbocycles. The van der Waals surface area contributed by atoms with E-state index in [9.17, 15) is 0 Å². The molecule has 0 atom stereocenters. The minimum absolute atomic E-state index is 0.610. The lowest BCUT2D eigenvalue weighted by atomic mass is 9.88. The lowest BCUT2D eigenvalue weighted by molar-refractivity contribution is 0.545. The van der Waals surface area contributed by atoms with Crippen molar-refractivity contribution >= 4 is 49.3 Å². The minimum atomic E-state index is 0.610. The molecule has 10 rings (SSSR count). The second-order valence-electron chi connectivity index (χ2n) is 12.3. The van der Waals surface area contributed by atoms with Crippen LogP contribution in [0.15, 0.2) is 148 Å². The Balaban J connectivity index is 1.11. The molecule has 226 valence electrons. The Bertz CT molecular complexity index is 2740. The number of aromatic nitrogens is 3. The van der Waals surface area contributed by atoms with Gasteiger partial charge in [-0.3, -0.25) is 0 Å². The summed E-state index contributed by atoms with van der Waals surface area (Å²) in [5.41, 5.74) is 9.03. The summed E-state index contributed by atoms with van der Waals surface area (Å²) in [4.78, 5) is 15.1. The topological polar surface area (TPSA) is 65.0 Å². The lowest BCUT2D eigenvalue weighted by Crippen LogP contribution is -2.00. The van der Waals surface area contributed by atoms with Gasteiger partial charge >= 0.3 is 0 Å². The average Bonchev–Trinajstić information content (AvgIpc) is 3.73. The van der Waals surface area contributed by atoms with Gasteiger partial charge < -0.3 is 8.83 Å². The van der Waals surface area contributed by atoms with Gasteiger partial charge in [0.15, 0.2) is 17.5 Å². The molecule has 0 unspecified atom stereocenters. The van der Waals surface area contributed by atoms with Crippen LogP contribution in [0.1, 0.15) is 23.3 Å². The highest BCUT2D eigenvalue weighted by Crippen LogP contribution is 2.40. The van der Waals surface area contributed by atoms with Gasteiger partial charge in [-0.05, 0) is 58.7 Å². The Labute approximate surface area is 275 Å². The smallest absolute Gasteiger partial charge is 0.164 e. The molecule has 0 fully saturated rings. The summed E-state index contributed by atoms with van der Waals surface area (Å²) in [6.45, 7) is 0. The molecule has 9 aromatic rings. The Kier molecular flexibility index (Phi) is 5.93. The number of furan rings is 2. The molecular weight excluding hydrogens is 590 g/mol. The summed E-state index contributed by atoms with van der Waals surface area (Å²) in [6, 6.07) is 45.7. The molecule has 48 heavy (non-hydrogen) atoms. The third kappa shape index (κ3) is 4.28. The van der Waals surface area contributed by atoms with Gasteiger partial charge in [0.1, 0.15) is 22.5 Å². The normalized spacial score (nSPS) is 13.0. The van der Waals surface area contributed by atoms with Crippen molar-refractivity contribution in [3.8, 4) is 34.2 Å². The van der Waals surface area contributed by atoms with E-state index in [2.05, 4.69) is 72.8 Å². The van der Waals surface area contributed by atoms with E-state index in [4.69, 9.17) is 23.8 Å². The summed E-state index contributed by atoms with van der Waals surface area (Å²) < 4.78 is 12.5. The summed E-state index contributed by atoms with van der Waals surface area (Å²) in [6.07, 6.45) is 4.24. The van der Waals surface area contributed by atoms with Crippen molar-refractivity contribution in [3.05, 3.63) is 156 Å². The highest BCUT2D eigenvalue weighted by Gasteiger charge is 2.22. The molecule has 5 nitrogen and oxygen atoms in total. The van der Waals surface area contributed by atoms with Crippen LogP contribution >= 0.6 is 0 Å². The molecule has 1 aliphatic rings. The van der Waals surface area contributed by atoms with Gasteiger partial charge in [-0.2, -0.15) is 0 Å². The fraction of sp³-hybridized carbons (Fsp3) is 0.0465. The van der Waals surface area contributed by atoms with E-state index in [0.29, 0.717) is 17.5 Å². The minimum Gasteiger partial charge on any atom is -0.460 e. The van der Waals surface area contributed by atoms with Crippen LogP contribution < -0.4 is 0 Å².